The van der Waals surface area contributed by atoms with Gasteiger partial charge in [-0.05, 0) is 18.6 Å². The smallest absolute Gasteiger partial charge is 0.407 e. The molecule has 2 rings (SSSR count). The highest BCUT2D eigenvalue weighted by Crippen LogP contribution is 2.19. The van der Waals surface area contributed by atoms with Gasteiger partial charge in [0, 0.05) is 23.5 Å². The van der Waals surface area contributed by atoms with Gasteiger partial charge in [0.1, 0.15) is 6.04 Å². The third kappa shape index (κ3) is 3.09. The maximum absolute atomic E-state index is 11.3. The van der Waals surface area contributed by atoms with Crippen LogP contribution < -0.4 is 5.32 Å². The number of hydrogen-bond acceptors (Lipinski definition) is 3. The van der Waals surface area contributed by atoms with Crippen LogP contribution in [0.1, 0.15) is 12.5 Å². The Morgan fingerprint density at radius 2 is 2.15 bits per heavy atom. The first-order valence-electron chi connectivity index (χ1n) is 6.33. The number of fused-ring (bicyclic) bond motifs is 1. The van der Waals surface area contributed by atoms with Crippen molar-refractivity contribution in [2.24, 2.45) is 0 Å². The number of aliphatic carboxylic acids is 1. The first-order valence-corrected chi connectivity index (χ1v) is 6.33. The van der Waals surface area contributed by atoms with Crippen molar-refractivity contribution in [3.63, 3.8) is 0 Å². The molecule has 0 saturated heterocycles. The number of rotatable bonds is 5. The zero-order valence-corrected chi connectivity index (χ0v) is 11.1. The Balaban J connectivity index is 2.15. The fourth-order valence-corrected chi connectivity index (χ4v) is 2.04. The Labute approximate surface area is 115 Å². The third-order valence-corrected chi connectivity index (χ3v) is 2.96. The highest BCUT2D eigenvalue weighted by Gasteiger charge is 2.22. The highest BCUT2D eigenvalue weighted by atomic mass is 16.5. The molecule has 0 fully saturated rings. The van der Waals surface area contributed by atoms with E-state index in [0.717, 1.165) is 16.5 Å². The minimum Gasteiger partial charge on any atom is -0.480 e. The zero-order valence-electron chi connectivity index (χ0n) is 11.1. The van der Waals surface area contributed by atoms with Gasteiger partial charge in [0.25, 0.3) is 0 Å². The average molecular weight is 276 g/mol. The number of carbonyl (C=O) groups is 2. The van der Waals surface area contributed by atoms with E-state index >= 15 is 0 Å². The second kappa shape index (κ2) is 6.10. The van der Waals surface area contributed by atoms with Crippen LogP contribution in [0.3, 0.4) is 0 Å². The number of aromatic amines is 1. The second-order valence-electron chi connectivity index (χ2n) is 4.32. The van der Waals surface area contributed by atoms with Gasteiger partial charge in [-0.1, -0.05) is 18.2 Å². The van der Waals surface area contributed by atoms with Crippen molar-refractivity contribution >= 4 is 23.0 Å². The fourth-order valence-electron chi connectivity index (χ4n) is 2.04. The van der Waals surface area contributed by atoms with Crippen LogP contribution in [0.25, 0.3) is 10.9 Å². The predicted octanol–water partition coefficient (Wildman–Crippen LogP) is 1.91. The zero-order chi connectivity index (χ0) is 14.5. The number of carboxylic acid groups (broad SMARTS) is 1. The molecule has 2 aromatic rings. The van der Waals surface area contributed by atoms with Crippen molar-refractivity contribution < 1.29 is 19.4 Å². The van der Waals surface area contributed by atoms with E-state index in [2.05, 4.69) is 10.3 Å². The van der Waals surface area contributed by atoms with Crippen molar-refractivity contribution in [3.05, 3.63) is 36.0 Å². The molecule has 1 atom stereocenters. The van der Waals surface area contributed by atoms with Gasteiger partial charge in [0.05, 0.1) is 6.61 Å². The SMILES string of the molecule is CCOC(=O)N[C@H](Cc1c[nH]c2ccccc12)C(=O)O. The minimum absolute atomic E-state index is 0.193. The van der Waals surface area contributed by atoms with E-state index in [-0.39, 0.29) is 13.0 Å². The number of carbonyl (C=O) groups excluding carboxylic acids is 1. The largest absolute Gasteiger partial charge is 0.480 e. The summed E-state index contributed by atoms with van der Waals surface area (Å²) < 4.78 is 4.71. The minimum atomic E-state index is -1.09. The summed E-state index contributed by atoms with van der Waals surface area (Å²) in [6.07, 6.45) is 1.23. The van der Waals surface area contributed by atoms with E-state index in [9.17, 15) is 14.7 Å². The molecular weight excluding hydrogens is 260 g/mol. The van der Waals surface area contributed by atoms with Gasteiger partial charge in [-0.25, -0.2) is 9.59 Å². The number of nitrogens with one attached hydrogen (secondary N) is 2. The summed E-state index contributed by atoms with van der Waals surface area (Å²) in [6.45, 7) is 1.86. The van der Waals surface area contributed by atoms with Crippen LogP contribution in [0, 0.1) is 0 Å². The van der Waals surface area contributed by atoms with E-state index in [4.69, 9.17) is 4.74 Å². The maximum Gasteiger partial charge on any atom is 0.407 e. The van der Waals surface area contributed by atoms with Gasteiger partial charge in [0.2, 0.25) is 0 Å². The van der Waals surface area contributed by atoms with Crippen LogP contribution in [-0.2, 0) is 16.0 Å². The predicted molar refractivity (Wildman–Crippen MR) is 73.6 cm³/mol. The molecule has 0 bridgehead atoms. The summed E-state index contributed by atoms with van der Waals surface area (Å²) in [6, 6.07) is 6.58. The summed E-state index contributed by atoms with van der Waals surface area (Å²) in [5.41, 5.74) is 1.77. The molecule has 20 heavy (non-hydrogen) atoms. The lowest BCUT2D eigenvalue weighted by Crippen LogP contribution is -2.42. The summed E-state index contributed by atoms with van der Waals surface area (Å²) in [4.78, 5) is 25.6. The molecule has 6 nitrogen and oxygen atoms in total. The van der Waals surface area contributed by atoms with Crippen LogP contribution in [0.4, 0.5) is 4.79 Å². The van der Waals surface area contributed by atoms with E-state index in [1.807, 2.05) is 24.3 Å². The molecule has 6 heteroatoms. The average Bonchev–Trinajstić information content (AvgIpc) is 2.82. The standard InChI is InChI=1S/C14H16N2O4/c1-2-20-14(19)16-12(13(17)18)7-9-8-15-11-6-4-3-5-10(9)11/h3-6,8,12,15H,2,7H2,1H3,(H,16,19)(H,17,18)/t12-/m1/s1. The molecule has 0 spiro atoms. The van der Waals surface area contributed by atoms with Gasteiger partial charge < -0.3 is 20.1 Å². The maximum atomic E-state index is 11.3. The molecule has 1 aromatic heterocycles. The molecule has 1 amide bonds. The van der Waals surface area contributed by atoms with E-state index < -0.39 is 18.1 Å². The number of carboxylic acids is 1. The molecule has 1 heterocycles. The summed E-state index contributed by atoms with van der Waals surface area (Å²) in [5.74, 6) is -1.09. The normalized spacial score (nSPS) is 12.1. The van der Waals surface area contributed by atoms with Crippen LogP contribution in [0.15, 0.2) is 30.5 Å². The quantitative estimate of drug-likeness (QED) is 0.778. The number of hydrogen-bond donors (Lipinski definition) is 3. The van der Waals surface area contributed by atoms with Crippen molar-refractivity contribution in [1.82, 2.24) is 10.3 Å². The van der Waals surface area contributed by atoms with Gasteiger partial charge in [-0.15, -0.1) is 0 Å². The molecule has 0 unspecified atom stereocenters. The molecule has 0 aliphatic heterocycles. The van der Waals surface area contributed by atoms with Gasteiger partial charge in [-0.3, -0.25) is 0 Å². The number of amides is 1. The number of para-hydroxylation sites is 1. The number of H-pyrrole nitrogens is 1. The molecule has 0 saturated carbocycles. The van der Waals surface area contributed by atoms with E-state index in [0.29, 0.717) is 0 Å². The number of benzene rings is 1. The Hall–Kier alpha value is -2.50. The first kappa shape index (κ1) is 13.9. The summed E-state index contributed by atoms with van der Waals surface area (Å²) in [5, 5.41) is 12.5. The Morgan fingerprint density at radius 1 is 1.40 bits per heavy atom. The van der Waals surface area contributed by atoms with Crippen molar-refractivity contribution in [3.8, 4) is 0 Å². The second-order valence-corrected chi connectivity index (χ2v) is 4.32. The highest BCUT2D eigenvalue weighted by molar-refractivity contribution is 5.85. The van der Waals surface area contributed by atoms with Gasteiger partial charge >= 0.3 is 12.1 Å². The first-order chi connectivity index (χ1) is 9.61. The van der Waals surface area contributed by atoms with Crippen LogP contribution >= 0.6 is 0 Å². The Kier molecular flexibility index (Phi) is 4.24. The lowest BCUT2D eigenvalue weighted by atomic mass is 10.1. The van der Waals surface area contributed by atoms with E-state index in [1.165, 1.54) is 0 Å². The number of alkyl carbamates (subject to hydrolysis) is 1. The number of aromatic nitrogens is 1. The van der Waals surface area contributed by atoms with Crippen molar-refractivity contribution in [2.45, 2.75) is 19.4 Å². The van der Waals surface area contributed by atoms with Crippen molar-refractivity contribution in [1.29, 1.82) is 0 Å². The molecule has 0 radical (unpaired) electrons. The Morgan fingerprint density at radius 3 is 2.85 bits per heavy atom. The molecule has 0 aliphatic carbocycles. The monoisotopic (exact) mass is 276 g/mol. The van der Waals surface area contributed by atoms with E-state index in [1.54, 1.807) is 13.1 Å². The topological polar surface area (TPSA) is 91.4 Å². The lowest BCUT2D eigenvalue weighted by Gasteiger charge is -2.13. The molecule has 106 valence electrons. The fraction of sp³-hybridized carbons (Fsp3) is 0.286. The molecule has 3 N–H and O–H groups in total. The van der Waals surface area contributed by atoms with Crippen molar-refractivity contribution in [2.75, 3.05) is 6.61 Å². The molecular formula is C14H16N2O4. The van der Waals surface area contributed by atoms with Gasteiger partial charge in [0.15, 0.2) is 0 Å². The Bertz CT molecular complexity index is 620. The van der Waals surface area contributed by atoms with Crippen LogP contribution in [0.2, 0.25) is 0 Å². The number of ether oxygens (including phenoxy) is 1. The van der Waals surface area contributed by atoms with Gasteiger partial charge in [-0.2, -0.15) is 0 Å². The summed E-state index contributed by atoms with van der Waals surface area (Å²) in [7, 11) is 0. The molecule has 0 aliphatic rings. The third-order valence-electron chi connectivity index (χ3n) is 2.96. The summed E-state index contributed by atoms with van der Waals surface area (Å²) >= 11 is 0. The molecule has 1 aromatic carbocycles. The van der Waals surface area contributed by atoms with Crippen LogP contribution in [-0.4, -0.2) is 34.8 Å². The lowest BCUT2D eigenvalue weighted by molar-refractivity contribution is -0.139. The van der Waals surface area contributed by atoms with Crippen LogP contribution in [0.5, 0.6) is 0 Å².